The summed E-state index contributed by atoms with van der Waals surface area (Å²) in [5, 5.41) is 12.9. The summed E-state index contributed by atoms with van der Waals surface area (Å²) >= 11 is 1.36. The number of carbonyl (C=O) groups is 2. The molecule has 1 unspecified atom stereocenters. The van der Waals surface area contributed by atoms with E-state index in [4.69, 9.17) is 4.99 Å². The Kier molecular flexibility index (Phi) is 15.3. The number of thioether (sulfide) groups is 1. The minimum absolute atomic E-state index is 0.0460. The SMILES string of the molecule is C/C=C(\C=C/CC)CN1CCC(NC(=O)CN=C(c2ccc(SC(C)(CC)C(=O)O)cc2)N(C)CCCCC)CC1. The molecule has 1 aliphatic heterocycles. The van der Waals surface area contributed by atoms with Gasteiger partial charge in [-0.1, -0.05) is 64.0 Å². The van der Waals surface area contributed by atoms with E-state index in [2.05, 4.69) is 54.1 Å². The van der Waals surface area contributed by atoms with Crippen LogP contribution in [0.1, 0.15) is 85.1 Å². The van der Waals surface area contributed by atoms with Crippen molar-refractivity contribution in [1.29, 1.82) is 0 Å². The Balaban J connectivity index is 2.03. The maximum Gasteiger partial charge on any atom is 0.319 e. The molecule has 0 radical (unpaired) electrons. The number of likely N-dealkylation sites (tertiary alicyclic amines) is 1. The van der Waals surface area contributed by atoms with Crippen molar-refractivity contribution < 1.29 is 14.7 Å². The number of aliphatic imine (C=N–C) groups is 1. The number of amidine groups is 1. The number of carboxylic acid groups (broad SMARTS) is 1. The van der Waals surface area contributed by atoms with Crippen molar-refractivity contribution in [2.45, 2.75) is 95.2 Å². The number of hydrogen-bond acceptors (Lipinski definition) is 5. The highest BCUT2D eigenvalue weighted by molar-refractivity contribution is 8.01. The summed E-state index contributed by atoms with van der Waals surface area (Å²) in [6.45, 7) is 13.9. The van der Waals surface area contributed by atoms with E-state index < -0.39 is 10.7 Å². The fraction of sp³-hybridized carbons (Fsp3) is 0.606. The Morgan fingerprint density at radius 1 is 1.17 bits per heavy atom. The maximum atomic E-state index is 12.9. The molecule has 1 saturated heterocycles. The largest absolute Gasteiger partial charge is 0.480 e. The van der Waals surface area contributed by atoms with E-state index in [0.29, 0.717) is 6.42 Å². The number of nitrogens with one attached hydrogen (secondary N) is 1. The molecule has 8 heteroatoms. The van der Waals surface area contributed by atoms with E-state index in [9.17, 15) is 14.7 Å². The van der Waals surface area contributed by atoms with Gasteiger partial charge in [0.15, 0.2) is 0 Å². The van der Waals surface area contributed by atoms with Crippen molar-refractivity contribution in [3.05, 3.63) is 53.6 Å². The zero-order valence-corrected chi connectivity index (χ0v) is 26.9. The fourth-order valence-corrected chi connectivity index (χ4v) is 5.78. The molecule has 7 nitrogen and oxygen atoms in total. The van der Waals surface area contributed by atoms with Crippen LogP contribution in [0, 0.1) is 0 Å². The number of hydrogen-bond donors (Lipinski definition) is 2. The second-order valence-corrected chi connectivity index (χ2v) is 12.7. The highest BCUT2D eigenvalue weighted by atomic mass is 32.2. The average Bonchev–Trinajstić information content (AvgIpc) is 2.97. The summed E-state index contributed by atoms with van der Waals surface area (Å²) in [5.74, 6) is -0.0660. The van der Waals surface area contributed by atoms with Crippen molar-refractivity contribution >= 4 is 29.5 Å². The first kappa shape index (κ1) is 34.6. The minimum atomic E-state index is -0.870. The van der Waals surface area contributed by atoms with Crippen LogP contribution in [-0.4, -0.2) is 83.2 Å². The molecule has 41 heavy (non-hydrogen) atoms. The Hall–Kier alpha value is -2.58. The second kappa shape index (κ2) is 18.1. The predicted octanol–water partition coefficient (Wildman–Crippen LogP) is 6.39. The lowest BCUT2D eigenvalue weighted by molar-refractivity contribution is -0.139. The van der Waals surface area contributed by atoms with E-state index in [1.54, 1.807) is 6.92 Å². The Morgan fingerprint density at radius 2 is 1.85 bits per heavy atom. The van der Waals surface area contributed by atoms with Crippen LogP contribution in [-0.2, 0) is 9.59 Å². The summed E-state index contributed by atoms with van der Waals surface area (Å²) in [6, 6.07) is 8.06. The smallest absolute Gasteiger partial charge is 0.319 e. The summed E-state index contributed by atoms with van der Waals surface area (Å²) < 4.78 is -0.870. The molecule has 1 aromatic carbocycles. The van der Waals surface area contributed by atoms with Gasteiger partial charge in [-0.25, -0.2) is 0 Å². The first-order valence-corrected chi connectivity index (χ1v) is 16.1. The highest BCUT2D eigenvalue weighted by Gasteiger charge is 2.32. The number of rotatable bonds is 16. The molecule has 0 bridgehead atoms. The molecule has 0 aromatic heterocycles. The van der Waals surface area contributed by atoms with Gasteiger partial charge in [-0.2, -0.15) is 0 Å². The van der Waals surface area contributed by atoms with Gasteiger partial charge in [0.1, 0.15) is 17.1 Å². The number of carboxylic acids is 1. The van der Waals surface area contributed by atoms with Crippen molar-refractivity contribution in [3.63, 3.8) is 0 Å². The molecule has 1 atom stereocenters. The van der Waals surface area contributed by atoms with Gasteiger partial charge < -0.3 is 15.3 Å². The van der Waals surface area contributed by atoms with E-state index >= 15 is 0 Å². The van der Waals surface area contributed by atoms with Crippen molar-refractivity contribution in [2.75, 3.05) is 39.8 Å². The third-order valence-corrected chi connectivity index (χ3v) is 9.13. The van der Waals surface area contributed by atoms with Crippen molar-refractivity contribution in [3.8, 4) is 0 Å². The lowest BCUT2D eigenvalue weighted by Gasteiger charge is -2.32. The van der Waals surface area contributed by atoms with Crippen LogP contribution in [0.15, 0.2) is 58.0 Å². The molecule has 2 rings (SSSR count). The number of allylic oxidation sites excluding steroid dienone is 2. The maximum absolute atomic E-state index is 12.9. The quantitative estimate of drug-likeness (QED) is 0.0770. The molecule has 2 N–H and O–H groups in total. The fourth-order valence-electron chi connectivity index (χ4n) is 4.76. The topological polar surface area (TPSA) is 85.2 Å². The van der Waals surface area contributed by atoms with Crippen LogP contribution in [0.25, 0.3) is 0 Å². The molecule has 1 amide bonds. The molecule has 0 spiro atoms. The Labute approximate surface area is 252 Å². The standard InChI is InChI=1S/C33H52N4O3S/c1-7-11-13-21-36(6)31(27-15-17-29(18-16-27)41-33(5,10-4)32(39)40)34-24-30(38)35-28-19-22-37(23-20-28)25-26(9-3)14-12-8-2/h9,12,14-18,28H,7-8,10-11,13,19-25H2,1-6H3,(H,35,38)(H,39,40)/b14-12-,26-9+,34-31?. The number of aliphatic carboxylic acids is 1. The number of benzene rings is 1. The number of nitrogens with zero attached hydrogens (tertiary/aromatic N) is 3. The van der Waals surface area contributed by atoms with Gasteiger partial charge in [-0.05, 0) is 63.7 Å². The lowest BCUT2D eigenvalue weighted by atomic mass is 10.0. The van der Waals surface area contributed by atoms with Crippen LogP contribution in [0.5, 0.6) is 0 Å². The van der Waals surface area contributed by atoms with Gasteiger partial charge in [-0.15, -0.1) is 11.8 Å². The predicted molar refractivity (Wildman–Crippen MR) is 173 cm³/mol. The van der Waals surface area contributed by atoms with Crippen molar-refractivity contribution in [1.82, 2.24) is 15.1 Å². The molecule has 1 heterocycles. The molecular weight excluding hydrogens is 532 g/mol. The summed E-state index contributed by atoms with van der Waals surface area (Å²) in [6.07, 6.45) is 13.4. The van der Waals surface area contributed by atoms with Crippen LogP contribution < -0.4 is 5.32 Å². The van der Waals surface area contributed by atoms with Crippen molar-refractivity contribution in [2.24, 2.45) is 4.99 Å². The second-order valence-electron chi connectivity index (χ2n) is 11.1. The monoisotopic (exact) mass is 584 g/mol. The zero-order chi connectivity index (χ0) is 30.3. The average molecular weight is 585 g/mol. The van der Waals surface area contributed by atoms with Gasteiger partial charge in [0, 0.05) is 49.7 Å². The normalized spacial score (nSPS) is 17.0. The van der Waals surface area contributed by atoms with E-state index in [1.165, 1.54) is 17.3 Å². The van der Waals surface area contributed by atoms with Gasteiger partial charge in [-0.3, -0.25) is 19.5 Å². The Bertz CT molecular complexity index is 1050. The minimum Gasteiger partial charge on any atom is -0.480 e. The molecule has 228 valence electrons. The first-order valence-electron chi connectivity index (χ1n) is 15.3. The summed E-state index contributed by atoms with van der Waals surface area (Å²) in [7, 11) is 2.03. The number of carbonyl (C=O) groups excluding carboxylic acids is 1. The highest BCUT2D eigenvalue weighted by Crippen LogP contribution is 2.35. The third kappa shape index (κ3) is 11.7. The molecule has 0 saturated carbocycles. The van der Waals surface area contributed by atoms with Gasteiger partial charge in [0.2, 0.25) is 5.91 Å². The van der Waals surface area contributed by atoms with Crippen LogP contribution in [0.2, 0.25) is 0 Å². The molecule has 1 fully saturated rings. The van der Waals surface area contributed by atoms with Gasteiger partial charge >= 0.3 is 5.97 Å². The number of unbranched alkanes of at least 4 members (excludes halogenated alkanes) is 2. The summed E-state index contributed by atoms with van der Waals surface area (Å²) in [5.41, 5.74) is 2.27. The van der Waals surface area contributed by atoms with E-state index in [1.807, 2.05) is 38.2 Å². The third-order valence-electron chi connectivity index (χ3n) is 7.71. The van der Waals surface area contributed by atoms with Crippen LogP contribution in [0.4, 0.5) is 0 Å². The molecule has 1 aromatic rings. The lowest BCUT2D eigenvalue weighted by Crippen LogP contribution is -2.45. The van der Waals surface area contributed by atoms with E-state index in [-0.39, 0.29) is 18.5 Å². The van der Waals surface area contributed by atoms with E-state index in [0.717, 1.165) is 81.0 Å². The first-order chi connectivity index (χ1) is 19.6. The van der Waals surface area contributed by atoms with Crippen LogP contribution in [0.3, 0.4) is 0 Å². The number of amides is 1. The Morgan fingerprint density at radius 3 is 2.41 bits per heavy atom. The number of piperidine rings is 1. The molecule has 1 aliphatic rings. The van der Waals surface area contributed by atoms with Gasteiger partial charge in [0.25, 0.3) is 0 Å². The zero-order valence-electron chi connectivity index (χ0n) is 26.1. The molecule has 0 aliphatic carbocycles. The van der Waals surface area contributed by atoms with Gasteiger partial charge in [0.05, 0.1) is 0 Å². The summed E-state index contributed by atoms with van der Waals surface area (Å²) in [4.78, 5) is 35.0. The molecular formula is C33H52N4O3S. The van der Waals surface area contributed by atoms with Crippen LogP contribution >= 0.6 is 11.8 Å².